The Kier molecular flexibility index (Phi) is 4.48. The summed E-state index contributed by atoms with van der Waals surface area (Å²) in [5.74, 6) is -1.25. The molecule has 82 valence electrons. The van der Waals surface area contributed by atoms with Crippen LogP contribution in [0.25, 0.3) is 0 Å². The van der Waals surface area contributed by atoms with E-state index in [9.17, 15) is 14.4 Å². The number of carbonyl (C=O) groups excluding carboxylic acids is 3. The van der Waals surface area contributed by atoms with Crippen molar-refractivity contribution < 1.29 is 19.2 Å². The van der Waals surface area contributed by atoms with Gasteiger partial charge < -0.3 is 4.84 Å². The second kappa shape index (κ2) is 5.65. The van der Waals surface area contributed by atoms with Gasteiger partial charge in [-0.1, -0.05) is 15.9 Å². The molecule has 0 radical (unpaired) electrons. The molecule has 0 atom stereocenters. The molecule has 1 aliphatic rings. The topological polar surface area (TPSA) is 63.7 Å². The minimum atomic E-state index is -0.508. The van der Waals surface area contributed by atoms with Crippen molar-refractivity contribution in [2.45, 2.75) is 12.8 Å². The van der Waals surface area contributed by atoms with Crippen LogP contribution in [0.5, 0.6) is 0 Å². The molecule has 0 unspecified atom stereocenters. The first-order valence-corrected chi connectivity index (χ1v) is 5.55. The molecule has 0 aromatic rings. The van der Waals surface area contributed by atoms with Crippen LogP contribution in [0.3, 0.4) is 0 Å². The first-order chi connectivity index (χ1) is 7.13. The average Bonchev–Trinajstić information content (AvgIpc) is 2.20. The summed E-state index contributed by atoms with van der Waals surface area (Å²) in [6, 6.07) is 0. The Morgan fingerprint density at radius 2 is 2.20 bits per heavy atom. The summed E-state index contributed by atoms with van der Waals surface area (Å²) >= 11 is 3.17. The van der Waals surface area contributed by atoms with Crippen LogP contribution in [0.15, 0.2) is 12.2 Å². The van der Waals surface area contributed by atoms with E-state index in [0.29, 0.717) is 11.8 Å². The molecule has 0 aromatic carbocycles. The van der Waals surface area contributed by atoms with Gasteiger partial charge in [0.1, 0.15) is 6.54 Å². The van der Waals surface area contributed by atoms with Crippen molar-refractivity contribution in [1.82, 2.24) is 5.06 Å². The van der Waals surface area contributed by atoms with Crippen LogP contribution in [-0.2, 0) is 19.2 Å². The van der Waals surface area contributed by atoms with Crippen LogP contribution in [-0.4, -0.2) is 34.6 Å². The predicted molar refractivity (Wildman–Crippen MR) is 55.0 cm³/mol. The lowest BCUT2D eigenvalue weighted by atomic mass is 10.2. The number of hydrogen-bond acceptors (Lipinski definition) is 4. The average molecular weight is 276 g/mol. The molecule has 1 aliphatic heterocycles. The zero-order valence-electron chi connectivity index (χ0n) is 7.94. The Hall–Kier alpha value is -1.17. The number of nitrogens with zero attached hydrogens (tertiary/aromatic N) is 1. The number of carbonyl (C=O) groups is 3. The molecule has 0 fully saturated rings. The largest absolute Gasteiger partial charge is 0.337 e. The van der Waals surface area contributed by atoms with Crippen molar-refractivity contribution in [1.29, 1.82) is 0 Å². The molecule has 1 rings (SSSR count). The molecule has 0 spiro atoms. The highest BCUT2D eigenvalue weighted by Crippen LogP contribution is 2.04. The van der Waals surface area contributed by atoms with Crippen molar-refractivity contribution >= 4 is 33.6 Å². The Labute approximate surface area is 95.1 Å². The molecular weight excluding hydrogens is 266 g/mol. The second-order valence-corrected chi connectivity index (χ2v) is 3.72. The van der Waals surface area contributed by atoms with Crippen molar-refractivity contribution in [2.24, 2.45) is 0 Å². The van der Waals surface area contributed by atoms with Gasteiger partial charge in [-0.3, -0.25) is 9.59 Å². The number of ketones is 1. The van der Waals surface area contributed by atoms with E-state index in [4.69, 9.17) is 4.84 Å². The molecule has 1 heterocycles. The summed E-state index contributed by atoms with van der Waals surface area (Å²) in [5, 5.41) is 1.47. The summed E-state index contributed by atoms with van der Waals surface area (Å²) in [6.07, 6.45) is 3.10. The van der Waals surface area contributed by atoms with Gasteiger partial charge in [-0.05, 0) is 12.5 Å². The number of amides is 1. The summed E-state index contributed by atoms with van der Waals surface area (Å²) in [5.41, 5.74) is 0. The van der Waals surface area contributed by atoms with Gasteiger partial charge in [-0.25, -0.2) is 4.79 Å². The monoisotopic (exact) mass is 275 g/mol. The Bertz CT molecular complexity index is 313. The molecule has 15 heavy (non-hydrogen) atoms. The molecular formula is C9H10BrNO4. The van der Waals surface area contributed by atoms with E-state index >= 15 is 0 Å². The SMILES string of the molecule is O=C1C=CC(=O)N(OC(=O)CCCBr)C1. The minimum absolute atomic E-state index is 0.199. The zero-order valence-corrected chi connectivity index (χ0v) is 9.53. The first kappa shape index (κ1) is 11.9. The molecule has 0 N–H and O–H groups in total. The van der Waals surface area contributed by atoms with Gasteiger partial charge in [-0.2, -0.15) is 5.06 Å². The summed E-state index contributed by atoms with van der Waals surface area (Å²) in [6.45, 7) is -0.199. The van der Waals surface area contributed by atoms with E-state index in [-0.39, 0.29) is 18.7 Å². The maximum Gasteiger partial charge on any atom is 0.332 e. The Morgan fingerprint density at radius 1 is 1.47 bits per heavy atom. The fraction of sp³-hybridized carbons (Fsp3) is 0.444. The van der Waals surface area contributed by atoms with Crippen molar-refractivity contribution in [3.63, 3.8) is 0 Å². The smallest absolute Gasteiger partial charge is 0.332 e. The number of halogens is 1. The predicted octanol–water partition coefficient (Wildman–Crippen LogP) is 0.587. The summed E-state index contributed by atoms with van der Waals surface area (Å²) in [7, 11) is 0. The fourth-order valence-electron chi connectivity index (χ4n) is 0.976. The Morgan fingerprint density at radius 3 is 2.87 bits per heavy atom. The second-order valence-electron chi connectivity index (χ2n) is 2.93. The number of hydrogen-bond donors (Lipinski definition) is 0. The zero-order chi connectivity index (χ0) is 11.3. The fourth-order valence-corrected chi connectivity index (χ4v) is 1.26. The summed E-state index contributed by atoms with van der Waals surface area (Å²) < 4.78 is 0. The minimum Gasteiger partial charge on any atom is -0.337 e. The van der Waals surface area contributed by atoms with E-state index in [2.05, 4.69) is 15.9 Å². The van der Waals surface area contributed by atoms with Crippen LogP contribution >= 0.6 is 15.9 Å². The van der Waals surface area contributed by atoms with Crippen LogP contribution in [0.4, 0.5) is 0 Å². The van der Waals surface area contributed by atoms with Gasteiger partial charge in [0, 0.05) is 17.8 Å². The molecule has 5 nitrogen and oxygen atoms in total. The van der Waals surface area contributed by atoms with Crippen molar-refractivity contribution in [2.75, 3.05) is 11.9 Å². The number of alkyl halides is 1. The van der Waals surface area contributed by atoms with Crippen LogP contribution in [0.1, 0.15) is 12.8 Å². The van der Waals surface area contributed by atoms with E-state index in [1.165, 1.54) is 6.08 Å². The highest BCUT2D eigenvalue weighted by Gasteiger charge is 2.22. The number of rotatable bonds is 4. The van der Waals surface area contributed by atoms with Crippen molar-refractivity contribution in [3.05, 3.63) is 12.2 Å². The van der Waals surface area contributed by atoms with E-state index in [0.717, 1.165) is 11.1 Å². The van der Waals surface area contributed by atoms with Gasteiger partial charge in [-0.15, -0.1) is 0 Å². The highest BCUT2D eigenvalue weighted by molar-refractivity contribution is 9.09. The molecule has 0 aromatic heterocycles. The van der Waals surface area contributed by atoms with E-state index in [1.807, 2.05) is 0 Å². The van der Waals surface area contributed by atoms with Gasteiger partial charge in [0.15, 0.2) is 5.78 Å². The highest BCUT2D eigenvalue weighted by atomic mass is 79.9. The number of hydroxylamine groups is 2. The van der Waals surface area contributed by atoms with Crippen LogP contribution in [0, 0.1) is 0 Å². The molecule has 6 heteroatoms. The lowest BCUT2D eigenvalue weighted by molar-refractivity contribution is -0.195. The summed E-state index contributed by atoms with van der Waals surface area (Å²) in [4.78, 5) is 38.0. The standard InChI is InChI=1S/C9H10BrNO4/c10-5-1-2-9(14)15-11-6-7(12)3-4-8(11)13/h3-4H,1-2,5-6H2. The van der Waals surface area contributed by atoms with E-state index in [1.54, 1.807) is 0 Å². The van der Waals surface area contributed by atoms with Crippen LogP contribution in [0.2, 0.25) is 0 Å². The van der Waals surface area contributed by atoms with Crippen molar-refractivity contribution in [3.8, 4) is 0 Å². The third-order valence-corrected chi connectivity index (χ3v) is 2.24. The molecule has 0 saturated heterocycles. The third kappa shape index (κ3) is 3.83. The lowest BCUT2D eigenvalue weighted by Crippen LogP contribution is -2.38. The quantitative estimate of drug-likeness (QED) is 0.705. The lowest BCUT2D eigenvalue weighted by Gasteiger charge is -2.20. The van der Waals surface area contributed by atoms with Gasteiger partial charge >= 0.3 is 5.97 Å². The molecule has 0 bridgehead atoms. The van der Waals surface area contributed by atoms with Gasteiger partial charge in [0.25, 0.3) is 5.91 Å². The van der Waals surface area contributed by atoms with E-state index < -0.39 is 11.9 Å². The molecule has 1 amide bonds. The third-order valence-electron chi connectivity index (χ3n) is 1.68. The van der Waals surface area contributed by atoms with Crippen LogP contribution < -0.4 is 0 Å². The van der Waals surface area contributed by atoms with Gasteiger partial charge in [0.05, 0.1) is 0 Å². The van der Waals surface area contributed by atoms with Gasteiger partial charge in [0.2, 0.25) is 0 Å². The maximum atomic E-state index is 11.2. The Balaban J connectivity index is 2.44. The first-order valence-electron chi connectivity index (χ1n) is 4.42. The maximum absolute atomic E-state index is 11.2. The molecule has 0 aliphatic carbocycles. The normalized spacial score (nSPS) is 15.7. The molecule has 0 saturated carbocycles.